The van der Waals surface area contributed by atoms with Gasteiger partial charge in [-0.15, -0.1) is 0 Å². The van der Waals surface area contributed by atoms with Crippen LogP contribution < -0.4 is 10.3 Å². The number of aromatic nitrogens is 1. The minimum Gasteiger partial charge on any atom is -0.307 e. The summed E-state index contributed by atoms with van der Waals surface area (Å²) >= 11 is 1.75. The molecule has 1 aliphatic rings. The van der Waals surface area contributed by atoms with E-state index in [1.54, 1.807) is 11.9 Å². The molecular formula is C25H28N2OS. The van der Waals surface area contributed by atoms with Gasteiger partial charge >= 0.3 is 0 Å². The second-order valence-electron chi connectivity index (χ2n) is 7.72. The molecule has 0 saturated carbocycles. The number of pyridine rings is 1. The summed E-state index contributed by atoms with van der Waals surface area (Å²) in [4.78, 5) is 13.1. The van der Waals surface area contributed by atoms with Crippen molar-refractivity contribution in [2.75, 3.05) is 5.75 Å². The molecule has 1 N–H and O–H groups in total. The molecule has 2 aromatic carbocycles. The number of fused-ring (bicyclic) bond motifs is 1. The second kappa shape index (κ2) is 9.02. The standard InChI is InChI=1S/C25H28N2OS/c1-3-29-26-23-15-14-22-13-12-18(2)25(28)27(22)24(23)17-19-8-7-11-21(16-19)20-9-5-4-6-10-20/h4-13,16,23-24,26H,3,14-15,17H2,1-2H3. The summed E-state index contributed by atoms with van der Waals surface area (Å²) in [6.07, 6.45) is 2.84. The number of nitrogens with zero attached hydrogens (tertiary/aromatic N) is 1. The van der Waals surface area contributed by atoms with E-state index in [9.17, 15) is 4.79 Å². The number of benzene rings is 2. The van der Waals surface area contributed by atoms with Gasteiger partial charge in [0.25, 0.3) is 5.56 Å². The average molecular weight is 405 g/mol. The van der Waals surface area contributed by atoms with E-state index in [0.717, 1.165) is 36.3 Å². The zero-order valence-corrected chi connectivity index (χ0v) is 17.9. The molecule has 150 valence electrons. The average Bonchev–Trinajstić information content (AvgIpc) is 2.76. The van der Waals surface area contributed by atoms with Gasteiger partial charge in [-0.3, -0.25) is 9.52 Å². The summed E-state index contributed by atoms with van der Waals surface area (Å²) in [5.74, 6) is 1.02. The highest BCUT2D eigenvalue weighted by atomic mass is 32.2. The first kappa shape index (κ1) is 20.0. The lowest BCUT2D eigenvalue weighted by atomic mass is 9.90. The normalized spacial score (nSPS) is 18.4. The number of rotatable bonds is 6. The maximum absolute atomic E-state index is 13.1. The molecule has 0 spiro atoms. The summed E-state index contributed by atoms with van der Waals surface area (Å²) in [6.45, 7) is 4.07. The zero-order valence-electron chi connectivity index (χ0n) is 17.1. The molecule has 0 bridgehead atoms. The van der Waals surface area contributed by atoms with Crippen molar-refractivity contribution in [3.63, 3.8) is 0 Å². The Hall–Kier alpha value is -2.30. The third kappa shape index (κ3) is 4.34. The lowest BCUT2D eigenvalue weighted by molar-refractivity contribution is 0.320. The Labute approximate surface area is 177 Å². The topological polar surface area (TPSA) is 34.0 Å². The molecule has 0 radical (unpaired) electrons. The van der Waals surface area contributed by atoms with Crippen LogP contribution in [0.2, 0.25) is 0 Å². The smallest absolute Gasteiger partial charge is 0.253 e. The van der Waals surface area contributed by atoms with Crippen molar-refractivity contribution in [3.8, 4) is 11.1 Å². The first-order valence-electron chi connectivity index (χ1n) is 10.4. The third-order valence-electron chi connectivity index (χ3n) is 5.76. The predicted octanol–water partition coefficient (Wildman–Crippen LogP) is 5.18. The molecule has 0 amide bonds. The van der Waals surface area contributed by atoms with Crippen LogP contribution >= 0.6 is 11.9 Å². The van der Waals surface area contributed by atoms with E-state index in [4.69, 9.17) is 0 Å². The fraction of sp³-hybridized carbons (Fsp3) is 0.320. The monoisotopic (exact) mass is 404 g/mol. The van der Waals surface area contributed by atoms with E-state index in [1.165, 1.54) is 16.7 Å². The minimum absolute atomic E-state index is 0.122. The molecule has 1 aromatic heterocycles. The molecule has 0 fully saturated rings. The fourth-order valence-corrected chi connectivity index (χ4v) is 4.90. The summed E-state index contributed by atoms with van der Waals surface area (Å²) in [6, 6.07) is 23.7. The molecule has 3 nitrogen and oxygen atoms in total. The lowest BCUT2D eigenvalue weighted by Gasteiger charge is -2.36. The van der Waals surface area contributed by atoms with Gasteiger partial charge < -0.3 is 4.57 Å². The molecule has 4 heteroatoms. The number of aryl methyl sites for hydroxylation is 2. The van der Waals surface area contributed by atoms with E-state index in [0.29, 0.717) is 0 Å². The molecule has 2 atom stereocenters. The number of hydrogen-bond donors (Lipinski definition) is 1. The van der Waals surface area contributed by atoms with Crippen molar-refractivity contribution in [1.29, 1.82) is 0 Å². The second-order valence-corrected chi connectivity index (χ2v) is 8.82. The van der Waals surface area contributed by atoms with Crippen LogP contribution in [0.15, 0.2) is 71.5 Å². The first-order chi connectivity index (χ1) is 14.2. The van der Waals surface area contributed by atoms with E-state index in [2.05, 4.69) is 70.8 Å². The van der Waals surface area contributed by atoms with Gasteiger partial charge in [-0.2, -0.15) is 0 Å². The van der Waals surface area contributed by atoms with E-state index in [-0.39, 0.29) is 17.6 Å². The quantitative estimate of drug-likeness (QED) is 0.575. The van der Waals surface area contributed by atoms with E-state index >= 15 is 0 Å². The highest BCUT2D eigenvalue weighted by molar-refractivity contribution is 7.97. The van der Waals surface area contributed by atoms with E-state index < -0.39 is 0 Å². The minimum atomic E-state index is 0.122. The number of nitrogens with one attached hydrogen (secondary N) is 1. The van der Waals surface area contributed by atoms with Crippen LogP contribution in [-0.4, -0.2) is 16.4 Å². The van der Waals surface area contributed by atoms with E-state index in [1.807, 2.05) is 19.1 Å². The fourth-order valence-electron chi connectivity index (χ4n) is 4.25. The van der Waals surface area contributed by atoms with Gasteiger partial charge in [0.05, 0.1) is 6.04 Å². The van der Waals surface area contributed by atoms with Gasteiger partial charge in [0.15, 0.2) is 0 Å². The summed E-state index contributed by atoms with van der Waals surface area (Å²) < 4.78 is 5.69. The van der Waals surface area contributed by atoms with Gasteiger partial charge in [0, 0.05) is 23.1 Å². The van der Waals surface area contributed by atoms with Crippen LogP contribution in [0.4, 0.5) is 0 Å². The molecule has 2 heterocycles. The Morgan fingerprint density at radius 2 is 1.83 bits per heavy atom. The van der Waals surface area contributed by atoms with Gasteiger partial charge in [0.1, 0.15) is 0 Å². The Bertz CT molecular complexity index is 1030. The molecule has 1 aliphatic heterocycles. The third-order valence-corrected chi connectivity index (χ3v) is 6.51. The van der Waals surface area contributed by atoms with Crippen LogP contribution in [-0.2, 0) is 12.8 Å². The molecule has 3 aromatic rings. The summed E-state index contributed by atoms with van der Waals surface area (Å²) in [5, 5.41) is 0. The summed E-state index contributed by atoms with van der Waals surface area (Å²) in [7, 11) is 0. The molecule has 0 aliphatic carbocycles. The molecule has 4 rings (SSSR count). The van der Waals surface area contributed by atoms with Crippen molar-refractivity contribution >= 4 is 11.9 Å². The van der Waals surface area contributed by atoms with Crippen LogP contribution in [0.3, 0.4) is 0 Å². The lowest BCUT2D eigenvalue weighted by Crippen LogP contribution is -2.45. The zero-order chi connectivity index (χ0) is 20.2. The van der Waals surface area contributed by atoms with Crippen LogP contribution in [0.25, 0.3) is 11.1 Å². The van der Waals surface area contributed by atoms with Gasteiger partial charge in [0.2, 0.25) is 0 Å². The van der Waals surface area contributed by atoms with Gasteiger partial charge in [-0.05, 0) is 48.9 Å². The van der Waals surface area contributed by atoms with Crippen molar-refractivity contribution in [2.45, 2.75) is 45.2 Å². The molecule has 0 saturated heterocycles. The SMILES string of the molecule is CCSNC1CCc2ccc(C)c(=O)n2C1Cc1cccc(-c2ccccc2)c1. The molecule has 2 unspecified atom stereocenters. The molecular weight excluding hydrogens is 376 g/mol. The molecule has 29 heavy (non-hydrogen) atoms. The highest BCUT2D eigenvalue weighted by Gasteiger charge is 2.30. The number of hydrogen-bond acceptors (Lipinski definition) is 3. The highest BCUT2D eigenvalue weighted by Crippen LogP contribution is 2.30. The predicted molar refractivity (Wildman–Crippen MR) is 123 cm³/mol. The summed E-state index contributed by atoms with van der Waals surface area (Å²) in [5.41, 5.74) is 5.85. The van der Waals surface area contributed by atoms with Crippen molar-refractivity contribution in [2.24, 2.45) is 0 Å². The van der Waals surface area contributed by atoms with Crippen molar-refractivity contribution in [3.05, 3.63) is 93.9 Å². The van der Waals surface area contributed by atoms with Gasteiger partial charge in [-0.25, -0.2) is 0 Å². The van der Waals surface area contributed by atoms with Crippen molar-refractivity contribution in [1.82, 2.24) is 9.29 Å². The maximum atomic E-state index is 13.1. The Kier molecular flexibility index (Phi) is 6.22. The van der Waals surface area contributed by atoms with Crippen molar-refractivity contribution < 1.29 is 0 Å². The van der Waals surface area contributed by atoms with Crippen LogP contribution in [0, 0.1) is 6.92 Å². The Morgan fingerprint density at radius 3 is 2.62 bits per heavy atom. The van der Waals surface area contributed by atoms with Crippen LogP contribution in [0.5, 0.6) is 0 Å². The van der Waals surface area contributed by atoms with Crippen LogP contribution in [0.1, 0.15) is 36.2 Å². The van der Waals surface area contributed by atoms with Gasteiger partial charge in [-0.1, -0.05) is 79.5 Å². The Balaban J connectivity index is 1.70. The first-order valence-corrected chi connectivity index (χ1v) is 11.4. The Morgan fingerprint density at radius 1 is 1.03 bits per heavy atom. The largest absolute Gasteiger partial charge is 0.307 e. The maximum Gasteiger partial charge on any atom is 0.253 e.